The SMILES string of the molecule is CC(C)(C)c1ccc2c(c1)-c1cc3c(cc1B1N2c2cc(C(C)(C)C)cc4c2N1c1ccc(C(C)(C)C)cc1C4(C)C)-c1cc(C(C)(C)C)ccc1N1B3N2c3ccc(C(C)(C)C)cc3C(C)(C)c3cc(C(C)(C)C)cc1c32. The number of anilines is 8. The van der Waals surface area contributed by atoms with E-state index in [-0.39, 0.29) is 57.3 Å². The highest BCUT2D eigenvalue weighted by molar-refractivity contribution is 6.89. The van der Waals surface area contributed by atoms with E-state index in [1.807, 2.05) is 0 Å². The molecule has 13 rings (SSSR count). The highest BCUT2D eigenvalue weighted by atomic mass is 15.3. The molecule has 0 amide bonds. The summed E-state index contributed by atoms with van der Waals surface area (Å²) in [7, 11) is 0. The summed E-state index contributed by atoms with van der Waals surface area (Å²) in [4.78, 5) is 11.1. The Hall–Kier alpha value is -6.13. The van der Waals surface area contributed by atoms with Crippen molar-refractivity contribution in [2.45, 2.75) is 196 Å². The minimum absolute atomic E-state index is 0.00269. The normalized spacial score (nSPS) is 17.2. The van der Waals surface area contributed by atoms with Crippen LogP contribution in [-0.4, -0.2) is 14.0 Å². The topological polar surface area (TPSA) is 13.0 Å². The Morgan fingerprint density at radius 1 is 0.269 bits per heavy atom. The number of hydrogen-bond donors (Lipinski definition) is 0. The molecular formula is C72H84B2N4. The summed E-state index contributed by atoms with van der Waals surface area (Å²) in [5, 5.41) is 0. The smallest absolute Gasteiger partial charge is 0.359 e. The first kappa shape index (κ1) is 51.3. The summed E-state index contributed by atoms with van der Waals surface area (Å²) in [5.41, 5.74) is 31.7. The van der Waals surface area contributed by atoms with Crippen LogP contribution in [-0.2, 0) is 43.3 Å². The molecular weight excluding hydrogens is 942 g/mol. The number of nitrogens with zero attached hydrogens (tertiary/aromatic N) is 4. The van der Waals surface area contributed by atoms with Crippen molar-refractivity contribution in [1.29, 1.82) is 0 Å². The lowest BCUT2D eigenvalue weighted by Crippen LogP contribution is -2.60. The van der Waals surface area contributed by atoms with Gasteiger partial charge in [-0.05, 0) is 159 Å². The van der Waals surface area contributed by atoms with E-state index in [1.165, 1.54) is 134 Å². The van der Waals surface area contributed by atoms with Crippen LogP contribution >= 0.6 is 0 Å². The van der Waals surface area contributed by atoms with Gasteiger partial charge in [-0.1, -0.05) is 213 Å². The van der Waals surface area contributed by atoms with Crippen molar-refractivity contribution in [2.75, 3.05) is 19.2 Å². The van der Waals surface area contributed by atoms with Crippen molar-refractivity contribution in [1.82, 2.24) is 0 Å². The second kappa shape index (κ2) is 15.4. The van der Waals surface area contributed by atoms with E-state index in [1.54, 1.807) is 0 Å². The van der Waals surface area contributed by atoms with Crippen molar-refractivity contribution in [3.05, 3.63) is 165 Å². The van der Waals surface area contributed by atoms with Gasteiger partial charge in [0.2, 0.25) is 0 Å². The zero-order valence-corrected chi connectivity index (χ0v) is 51.3. The maximum absolute atomic E-state index is 2.78. The standard InChI is InChI=1S/C72H84B2N4/c1-65(2,3)41-23-27-57-49(31-41)47-39-56-48(40-55(47)73-75(57)61-37-45(69(13,14)15)35-53-63(61)77(73)59-29-25-43(67(7,8)9)33-51(59)71(53,19)20)50-32-42(66(4,5)6)24-28-58(50)76-62-38-46(70(16,17)18)36-54-64(62)78(74(56)76)60-30-26-44(68(10,11)12)34-52(60)72(54,21)22/h23-40H,1-22H3. The zero-order chi connectivity index (χ0) is 56.0. The summed E-state index contributed by atoms with van der Waals surface area (Å²) in [6, 6.07) is 45.5. The van der Waals surface area contributed by atoms with Gasteiger partial charge >= 0.3 is 14.0 Å². The first-order chi connectivity index (χ1) is 36.0. The zero-order valence-electron chi connectivity index (χ0n) is 51.3. The number of rotatable bonds is 0. The van der Waals surface area contributed by atoms with Gasteiger partial charge in [0.1, 0.15) is 0 Å². The molecule has 6 heteroatoms. The third-order valence-corrected chi connectivity index (χ3v) is 19.4. The molecule has 0 bridgehead atoms. The second-order valence-electron chi connectivity index (χ2n) is 31.7. The Morgan fingerprint density at radius 2 is 0.551 bits per heavy atom. The van der Waals surface area contributed by atoms with Crippen LogP contribution < -0.4 is 30.2 Å². The van der Waals surface area contributed by atoms with Crippen LogP contribution in [0.4, 0.5) is 45.5 Å². The summed E-state index contributed by atoms with van der Waals surface area (Å²) in [6.07, 6.45) is 0. The van der Waals surface area contributed by atoms with Crippen molar-refractivity contribution in [2.24, 2.45) is 0 Å². The van der Waals surface area contributed by atoms with Gasteiger partial charge in [-0.2, -0.15) is 0 Å². The molecule has 7 aromatic rings. The summed E-state index contributed by atoms with van der Waals surface area (Å²) >= 11 is 0. The molecule has 0 unspecified atom stereocenters. The van der Waals surface area contributed by atoms with Crippen LogP contribution in [0.25, 0.3) is 22.3 Å². The molecule has 0 N–H and O–H groups in total. The minimum Gasteiger partial charge on any atom is -0.359 e. The van der Waals surface area contributed by atoms with Crippen LogP contribution in [0.15, 0.2) is 109 Å². The molecule has 78 heavy (non-hydrogen) atoms. The predicted molar refractivity (Wildman–Crippen MR) is 339 cm³/mol. The first-order valence-electron chi connectivity index (χ1n) is 29.3. The van der Waals surface area contributed by atoms with Gasteiger partial charge in [0.05, 0.1) is 22.7 Å². The highest BCUT2D eigenvalue weighted by Crippen LogP contribution is 2.64. The monoisotopic (exact) mass is 1030 g/mol. The fourth-order valence-corrected chi connectivity index (χ4v) is 14.4. The maximum atomic E-state index is 2.78. The van der Waals surface area contributed by atoms with E-state index < -0.39 is 0 Å². The average molecular weight is 1030 g/mol. The average Bonchev–Trinajstić information content (AvgIpc) is 3.94. The van der Waals surface area contributed by atoms with Gasteiger partial charge in [0.15, 0.2) is 0 Å². The summed E-state index contributed by atoms with van der Waals surface area (Å²) in [5.74, 6) is 0. The van der Waals surface area contributed by atoms with Gasteiger partial charge in [-0.15, -0.1) is 0 Å². The molecule has 6 aliphatic heterocycles. The van der Waals surface area contributed by atoms with Gasteiger partial charge < -0.3 is 19.2 Å². The summed E-state index contributed by atoms with van der Waals surface area (Å²) in [6.45, 7) is 52.4. The third-order valence-electron chi connectivity index (χ3n) is 19.4. The Labute approximate surface area is 469 Å². The molecule has 6 heterocycles. The fourth-order valence-electron chi connectivity index (χ4n) is 14.4. The predicted octanol–water partition coefficient (Wildman–Crippen LogP) is 18.1. The largest absolute Gasteiger partial charge is 0.421 e. The van der Waals surface area contributed by atoms with Gasteiger partial charge in [0.25, 0.3) is 0 Å². The molecule has 0 fully saturated rings. The van der Waals surface area contributed by atoms with E-state index >= 15 is 0 Å². The number of hydrogen-bond acceptors (Lipinski definition) is 4. The first-order valence-corrected chi connectivity index (χ1v) is 29.3. The molecule has 4 nitrogen and oxygen atoms in total. The lowest BCUT2D eigenvalue weighted by Gasteiger charge is -2.45. The van der Waals surface area contributed by atoms with Crippen molar-refractivity contribution in [3.8, 4) is 22.3 Å². The molecule has 0 aromatic heterocycles. The van der Waals surface area contributed by atoms with Gasteiger partial charge in [-0.25, -0.2) is 0 Å². The van der Waals surface area contributed by atoms with E-state index in [9.17, 15) is 0 Å². The maximum Gasteiger partial charge on any atom is 0.421 e. The molecule has 0 saturated heterocycles. The van der Waals surface area contributed by atoms with Crippen LogP contribution in [0.3, 0.4) is 0 Å². The Morgan fingerprint density at radius 3 is 0.859 bits per heavy atom. The van der Waals surface area contributed by atoms with Crippen LogP contribution in [0.5, 0.6) is 0 Å². The Bertz CT molecular complexity index is 3540. The molecule has 0 atom stereocenters. The number of benzene rings is 7. The molecule has 0 aliphatic carbocycles. The Kier molecular flexibility index (Phi) is 10.1. The third kappa shape index (κ3) is 6.98. The molecule has 0 saturated carbocycles. The Balaban J connectivity index is 1.16. The number of fused-ring (bicyclic) bond motifs is 20. The van der Waals surface area contributed by atoms with Crippen molar-refractivity contribution in [3.63, 3.8) is 0 Å². The fraction of sp³-hybridized carbons (Fsp3) is 0.417. The van der Waals surface area contributed by atoms with E-state index in [4.69, 9.17) is 0 Å². The molecule has 0 spiro atoms. The lowest BCUT2D eigenvalue weighted by atomic mass is 9.53. The second-order valence-corrected chi connectivity index (χ2v) is 31.7. The van der Waals surface area contributed by atoms with E-state index in [2.05, 4.69) is 281 Å². The van der Waals surface area contributed by atoms with Crippen molar-refractivity contribution >= 4 is 70.4 Å². The quantitative estimate of drug-likeness (QED) is 0.140. The van der Waals surface area contributed by atoms with Crippen molar-refractivity contribution < 1.29 is 0 Å². The molecule has 0 radical (unpaired) electrons. The minimum atomic E-state index is -0.244. The molecule has 7 aromatic carbocycles. The lowest BCUT2D eigenvalue weighted by molar-refractivity contribution is 0.574. The van der Waals surface area contributed by atoms with Crippen LogP contribution in [0, 0.1) is 0 Å². The summed E-state index contributed by atoms with van der Waals surface area (Å²) < 4.78 is 0. The van der Waals surface area contributed by atoms with Gasteiger partial charge in [0, 0.05) is 44.7 Å². The highest BCUT2D eigenvalue weighted by Gasteiger charge is 2.58. The molecule has 6 aliphatic rings. The van der Waals surface area contributed by atoms with Crippen LogP contribution in [0.1, 0.15) is 208 Å². The van der Waals surface area contributed by atoms with E-state index in [0.29, 0.717) is 0 Å². The van der Waals surface area contributed by atoms with Crippen LogP contribution in [0.2, 0.25) is 0 Å². The van der Waals surface area contributed by atoms with Gasteiger partial charge in [-0.3, -0.25) is 0 Å². The molecule has 398 valence electrons. The van der Waals surface area contributed by atoms with E-state index in [0.717, 1.165) is 0 Å².